The molecule has 6 heteroatoms. The third-order valence-electron chi connectivity index (χ3n) is 3.27. The van der Waals surface area contributed by atoms with Crippen LogP contribution in [-0.4, -0.2) is 41.6 Å². The van der Waals surface area contributed by atoms with Crippen LogP contribution in [-0.2, 0) is 0 Å². The Kier molecular flexibility index (Phi) is 3.47. The number of halogens is 2. The van der Waals surface area contributed by atoms with E-state index in [1.54, 1.807) is 0 Å². The molecule has 0 saturated carbocycles. The van der Waals surface area contributed by atoms with Crippen LogP contribution in [0.2, 0.25) is 0 Å². The number of nitrogens with zero attached hydrogens (tertiary/aromatic N) is 2. The van der Waals surface area contributed by atoms with E-state index in [9.17, 15) is 13.9 Å². The maximum atomic E-state index is 14.1. The summed E-state index contributed by atoms with van der Waals surface area (Å²) in [5.74, 6) is -3.34. The smallest absolute Gasteiger partial charge is 0.314 e. The second kappa shape index (κ2) is 4.76. The summed E-state index contributed by atoms with van der Waals surface area (Å²) in [4.78, 5) is 8.07. The van der Waals surface area contributed by atoms with Crippen molar-refractivity contribution in [2.75, 3.05) is 13.1 Å². The summed E-state index contributed by atoms with van der Waals surface area (Å²) in [5, 5.41) is 9.53. The van der Waals surface area contributed by atoms with Gasteiger partial charge in [-0.1, -0.05) is 0 Å². The number of hydrogen-bond donors (Lipinski definition) is 2. The number of aliphatic hydroxyl groups excluding tert-OH is 1. The first-order valence-electron chi connectivity index (χ1n) is 6.01. The van der Waals surface area contributed by atoms with Crippen molar-refractivity contribution in [1.82, 2.24) is 0 Å². The van der Waals surface area contributed by atoms with Crippen molar-refractivity contribution in [2.45, 2.75) is 38.2 Å². The Morgan fingerprint density at radius 3 is 2.78 bits per heavy atom. The van der Waals surface area contributed by atoms with E-state index in [0.29, 0.717) is 25.1 Å². The molecular weight excluding hydrogens is 240 g/mol. The van der Waals surface area contributed by atoms with Crippen LogP contribution in [0.15, 0.2) is 21.3 Å². The molecule has 1 atom stereocenters. The number of rotatable bonds is 1. The van der Waals surface area contributed by atoms with Gasteiger partial charge in [-0.15, -0.1) is 0 Å². The summed E-state index contributed by atoms with van der Waals surface area (Å²) >= 11 is 0. The lowest BCUT2D eigenvalue weighted by Gasteiger charge is -2.25. The predicted octanol–water partition coefficient (Wildman–Crippen LogP) is 1.29. The van der Waals surface area contributed by atoms with E-state index in [0.717, 1.165) is 5.71 Å². The van der Waals surface area contributed by atoms with Gasteiger partial charge in [0.1, 0.15) is 11.8 Å². The van der Waals surface area contributed by atoms with Crippen LogP contribution in [0.3, 0.4) is 0 Å². The summed E-state index contributed by atoms with van der Waals surface area (Å²) in [5.41, 5.74) is 6.94. The number of dihydropyridines is 1. The zero-order valence-corrected chi connectivity index (χ0v) is 10.3. The average Bonchev–Trinajstić information content (AvgIpc) is 2.41. The molecule has 0 aromatic carbocycles. The third-order valence-corrected chi connectivity index (χ3v) is 3.27. The first kappa shape index (κ1) is 13.1. The summed E-state index contributed by atoms with van der Waals surface area (Å²) in [6.07, 6.45) is -0.794. The van der Waals surface area contributed by atoms with E-state index in [1.165, 1.54) is 0 Å². The molecule has 1 unspecified atom stereocenters. The fraction of sp³-hybridized carbons (Fsp3) is 0.667. The summed E-state index contributed by atoms with van der Waals surface area (Å²) in [7, 11) is 0. The predicted molar refractivity (Wildman–Crippen MR) is 66.3 cm³/mol. The molecule has 0 spiro atoms. The molecule has 18 heavy (non-hydrogen) atoms. The second-order valence-electron chi connectivity index (χ2n) is 4.74. The van der Waals surface area contributed by atoms with Crippen LogP contribution in [0.5, 0.6) is 0 Å². The molecule has 0 bridgehead atoms. The van der Waals surface area contributed by atoms with E-state index in [1.807, 2.05) is 6.92 Å². The molecule has 2 aliphatic heterocycles. The van der Waals surface area contributed by atoms with Gasteiger partial charge in [0.15, 0.2) is 0 Å². The zero-order chi connectivity index (χ0) is 13.3. The molecule has 0 aromatic rings. The number of aliphatic hydroxyl groups is 1. The van der Waals surface area contributed by atoms with E-state index in [-0.39, 0.29) is 24.3 Å². The zero-order valence-electron chi connectivity index (χ0n) is 10.3. The second-order valence-corrected chi connectivity index (χ2v) is 4.74. The number of aliphatic imine (C=N–C) groups is 2. The number of hydrogen-bond acceptors (Lipinski definition) is 4. The molecule has 2 rings (SSSR count). The fourth-order valence-corrected chi connectivity index (χ4v) is 2.20. The lowest BCUT2D eigenvalue weighted by Crippen LogP contribution is -2.43. The Morgan fingerprint density at radius 2 is 2.11 bits per heavy atom. The van der Waals surface area contributed by atoms with Crippen molar-refractivity contribution < 1.29 is 13.9 Å². The molecule has 0 radical (unpaired) electrons. The first-order valence-corrected chi connectivity index (χ1v) is 6.01. The Morgan fingerprint density at radius 1 is 1.39 bits per heavy atom. The van der Waals surface area contributed by atoms with Gasteiger partial charge in [0.25, 0.3) is 0 Å². The molecule has 0 fully saturated rings. The number of allylic oxidation sites excluding steroid dienone is 1. The highest BCUT2D eigenvalue weighted by molar-refractivity contribution is 6.08. The van der Waals surface area contributed by atoms with Crippen LogP contribution in [0.25, 0.3) is 0 Å². The quantitative estimate of drug-likeness (QED) is 0.743. The molecule has 3 N–H and O–H groups in total. The highest BCUT2D eigenvalue weighted by atomic mass is 19.3. The van der Waals surface area contributed by atoms with Gasteiger partial charge in [0.05, 0.1) is 6.54 Å². The highest BCUT2D eigenvalue weighted by Crippen LogP contribution is 2.31. The molecule has 2 aliphatic rings. The minimum absolute atomic E-state index is 0.0511. The highest BCUT2D eigenvalue weighted by Gasteiger charge is 2.46. The SMILES string of the molecule is CC1=NCC(C2=NCCCC(O)C2(F)F)=C(N)C1. The molecule has 100 valence electrons. The fourth-order valence-electron chi connectivity index (χ4n) is 2.20. The summed E-state index contributed by atoms with van der Waals surface area (Å²) in [6.45, 7) is 2.23. The lowest BCUT2D eigenvalue weighted by molar-refractivity contribution is -0.0545. The normalized spacial score (nSPS) is 28.6. The van der Waals surface area contributed by atoms with Crippen molar-refractivity contribution in [2.24, 2.45) is 15.7 Å². The molecule has 2 heterocycles. The van der Waals surface area contributed by atoms with Gasteiger partial charge < -0.3 is 10.8 Å². The Balaban J connectivity index is 2.37. The van der Waals surface area contributed by atoms with Crippen LogP contribution < -0.4 is 5.73 Å². The van der Waals surface area contributed by atoms with Crippen LogP contribution in [0.1, 0.15) is 26.2 Å². The van der Waals surface area contributed by atoms with Crippen molar-refractivity contribution in [3.8, 4) is 0 Å². The summed E-state index contributed by atoms with van der Waals surface area (Å²) in [6, 6.07) is 0. The number of alkyl halides is 2. The molecule has 0 saturated heterocycles. The Labute approximate surface area is 104 Å². The van der Waals surface area contributed by atoms with Gasteiger partial charge in [-0.25, -0.2) is 0 Å². The lowest BCUT2D eigenvalue weighted by atomic mass is 9.94. The summed E-state index contributed by atoms with van der Waals surface area (Å²) < 4.78 is 28.1. The maximum absolute atomic E-state index is 14.1. The monoisotopic (exact) mass is 257 g/mol. The van der Waals surface area contributed by atoms with Gasteiger partial charge in [0.2, 0.25) is 0 Å². The Bertz CT molecular complexity index is 441. The molecule has 0 aromatic heterocycles. The minimum Gasteiger partial charge on any atom is -0.401 e. The van der Waals surface area contributed by atoms with E-state index >= 15 is 0 Å². The van der Waals surface area contributed by atoms with Crippen LogP contribution in [0, 0.1) is 0 Å². The van der Waals surface area contributed by atoms with Crippen molar-refractivity contribution in [1.29, 1.82) is 0 Å². The van der Waals surface area contributed by atoms with Crippen molar-refractivity contribution in [3.63, 3.8) is 0 Å². The standard InChI is InChI=1S/C12H17F2N3O/c1-7-5-9(15)8(6-17-7)11-12(13,14)10(18)3-2-4-16-11/h10,18H,2-6,15H2,1H3. The largest absolute Gasteiger partial charge is 0.401 e. The number of nitrogens with two attached hydrogens (primary N) is 1. The van der Waals surface area contributed by atoms with Gasteiger partial charge in [0, 0.05) is 29.9 Å². The van der Waals surface area contributed by atoms with Crippen molar-refractivity contribution in [3.05, 3.63) is 11.3 Å². The molecule has 0 aliphatic carbocycles. The van der Waals surface area contributed by atoms with Gasteiger partial charge in [-0.05, 0) is 19.8 Å². The van der Waals surface area contributed by atoms with Crippen LogP contribution in [0.4, 0.5) is 8.78 Å². The minimum atomic E-state index is -3.34. The molecule has 0 amide bonds. The van der Waals surface area contributed by atoms with Crippen LogP contribution >= 0.6 is 0 Å². The van der Waals surface area contributed by atoms with Gasteiger partial charge >= 0.3 is 5.92 Å². The van der Waals surface area contributed by atoms with E-state index in [2.05, 4.69) is 9.98 Å². The molecule has 4 nitrogen and oxygen atoms in total. The van der Waals surface area contributed by atoms with E-state index in [4.69, 9.17) is 5.73 Å². The molecular formula is C12H17F2N3O. The third kappa shape index (κ3) is 2.29. The topological polar surface area (TPSA) is 71.0 Å². The average molecular weight is 257 g/mol. The maximum Gasteiger partial charge on any atom is 0.314 e. The van der Waals surface area contributed by atoms with E-state index < -0.39 is 12.0 Å². The first-order chi connectivity index (χ1) is 8.43. The van der Waals surface area contributed by atoms with Gasteiger partial charge in [-0.2, -0.15) is 8.78 Å². The van der Waals surface area contributed by atoms with Gasteiger partial charge in [-0.3, -0.25) is 9.98 Å². The Hall–Kier alpha value is -1.30. The van der Waals surface area contributed by atoms with Crippen molar-refractivity contribution >= 4 is 11.4 Å².